The van der Waals surface area contributed by atoms with Crippen LogP contribution in [0, 0.1) is 12.7 Å². The molecule has 0 amide bonds. The van der Waals surface area contributed by atoms with Crippen molar-refractivity contribution in [2.75, 3.05) is 13.2 Å². The Labute approximate surface area is 119 Å². The van der Waals surface area contributed by atoms with Gasteiger partial charge in [-0.1, -0.05) is 6.07 Å². The van der Waals surface area contributed by atoms with E-state index in [1.54, 1.807) is 20.8 Å². The lowest BCUT2D eigenvalue weighted by Crippen LogP contribution is -2.57. The zero-order valence-corrected chi connectivity index (χ0v) is 13.0. The van der Waals surface area contributed by atoms with E-state index >= 15 is 0 Å². The molecule has 4 nitrogen and oxygen atoms in total. The predicted octanol–water partition coefficient (Wildman–Crippen LogP) is 2.32. The highest BCUT2D eigenvalue weighted by Gasteiger charge is 2.41. The Hall–Kier alpha value is -0.980. The van der Waals surface area contributed by atoms with Crippen molar-refractivity contribution in [3.63, 3.8) is 0 Å². The second kappa shape index (κ2) is 5.09. The van der Waals surface area contributed by atoms with Gasteiger partial charge in [0.25, 0.3) is 0 Å². The highest BCUT2D eigenvalue weighted by molar-refractivity contribution is 7.89. The van der Waals surface area contributed by atoms with E-state index in [9.17, 15) is 12.8 Å². The van der Waals surface area contributed by atoms with Crippen molar-refractivity contribution in [3.8, 4) is 0 Å². The second-order valence-corrected chi connectivity index (χ2v) is 7.74. The molecule has 0 bridgehead atoms. The first-order chi connectivity index (χ1) is 9.14. The smallest absolute Gasteiger partial charge is 0.243 e. The molecule has 0 aliphatic carbocycles. The molecule has 1 aliphatic rings. The van der Waals surface area contributed by atoms with Crippen molar-refractivity contribution < 1.29 is 17.5 Å². The number of nitrogens with zero attached hydrogens (tertiary/aromatic N) is 1. The largest absolute Gasteiger partial charge is 0.375 e. The molecule has 1 heterocycles. The highest BCUT2D eigenvalue weighted by atomic mass is 32.2. The molecule has 0 aromatic heterocycles. The van der Waals surface area contributed by atoms with Gasteiger partial charge in [0.2, 0.25) is 10.0 Å². The number of rotatable bonds is 2. The van der Waals surface area contributed by atoms with Crippen LogP contribution in [0.3, 0.4) is 0 Å². The summed E-state index contributed by atoms with van der Waals surface area (Å²) in [7, 11) is -3.73. The molecule has 0 unspecified atom stereocenters. The summed E-state index contributed by atoms with van der Waals surface area (Å²) in [5.41, 5.74) is -0.217. The van der Waals surface area contributed by atoms with Gasteiger partial charge in [-0.15, -0.1) is 0 Å². The second-order valence-electron chi connectivity index (χ2n) is 5.88. The summed E-state index contributed by atoms with van der Waals surface area (Å²) < 4.78 is 46.0. The third-order valence-electron chi connectivity index (χ3n) is 3.55. The van der Waals surface area contributed by atoms with E-state index in [0.29, 0.717) is 12.2 Å². The molecule has 112 valence electrons. The van der Waals surface area contributed by atoms with Gasteiger partial charge in [-0.3, -0.25) is 0 Å². The van der Waals surface area contributed by atoms with Gasteiger partial charge in [-0.25, -0.2) is 12.8 Å². The predicted molar refractivity (Wildman–Crippen MR) is 74.5 cm³/mol. The van der Waals surface area contributed by atoms with Crippen LogP contribution in [0.1, 0.15) is 26.3 Å². The summed E-state index contributed by atoms with van der Waals surface area (Å²) in [6.07, 6.45) is -0.173. The van der Waals surface area contributed by atoms with Crippen LogP contribution in [0.25, 0.3) is 0 Å². The molecule has 0 saturated carbocycles. The Balaban J connectivity index is 2.45. The Kier molecular flexibility index (Phi) is 3.92. The quantitative estimate of drug-likeness (QED) is 0.842. The Bertz CT molecular complexity index is 613. The van der Waals surface area contributed by atoms with Gasteiger partial charge >= 0.3 is 0 Å². The van der Waals surface area contributed by atoms with Crippen molar-refractivity contribution in [1.82, 2.24) is 4.31 Å². The summed E-state index contributed by atoms with van der Waals surface area (Å²) in [6, 6.07) is 4.02. The topological polar surface area (TPSA) is 46.6 Å². The highest BCUT2D eigenvalue weighted by Crippen LogP contribution is 2.29. The maximum absolute atomic E-state index is 13.6. The summed E-state index contributed by atoms with van der Waals surface area (Å²) >= 11 is 0. The van der Waals surface area contributed by atoms with E-state index in [2.05, 4.69) is 0 Å². The van der Waals surface area contributed by atoms with E-state index in [-0.39, 0.29) is 17.5 Å². The summed E-state index contributed by atoms with van der Waals surface area (Å²) in [4.78, 5) is -0.0113. The zero-order valence-electron chi connectivity index (χ0n) is 12.2. The van der Waals surface area contributed by atoms with Crippen molar-refractivity contribution in [2.24, 2.45) is 0 Å². The van der Waals surface area contributed by atoms with Gasteiger partial charge in [0.1, 0.15) is 5.82 Å². The number of halogens is 1. The molecule has 2 rings (SSSR count). The first-order valence-corrected chi connectivity index (χ1v) is 7.99. The molecule has 1 atom stereocenters. The Morgan fingerprint density at radius 1 is 1.40 bits per heavy atom. The Morgan fingerprint density at radius 3 is 2.65 bits per heavy atom. The lowest BCUT2D eigenvalue weighted by Gasteiger charge is -2.43. The SMILES string of the molecule is Cc1ccc(S(=O)(=O)N2C[C@@H](C)OCC2(C)C)cc1F. The van der Waals surface area contributed by atoms with Crippen molar-refractivity contribution >= 4 is 10.0 Å². The lowest BCUT2D eigenvalue weighted by atomic mass is 10.1. The van der Waals surface area contributed by atoms with Crippen molar-refractivity contribution in [2.45, 2.75) is 44.2 Å². The number of aryl methyl sites for hydroxylation is 1. The lowest BCUT2D eigenvalue weighted by molar-refractivity contribution is -0.0551. The van der Waals surface area contributed by atoms with Gasteiger partial charge < -0.3 is 4.74 Å². The van der Waals surface area contributed by atoms with E-state index < -0.39 is 21.4 Å². The number of sulfonamides is 1. The first-order valence-electron chi connectivity index (χ1n) is 6.55. The molecule has 1 aromatic rings. The van der Waals surface area contributed by atoms with E-state index in [0.717, 1.165) is 6.07 Å². The third kappa shape index (κ3) is 2.73. The van der Waals surface area contributed by atoms with Crippen molar-refractivity contribution in [3.05, 3.63) is 29.6 Å². The zero-order chi connectivity index (χ0) is 15.1. The number of ether oxygens (including phenoxy) is 1. The average Bonchev–Trinajstić information content (AvgIpc) is 2.35. The molecule has 20 heavy (non-hydrogen) atoms. The minimum atomic E-state index is -3.73. The third-order valence-corrected chi connectivity index (χ3v) is 5.62. The molecular weight excluding hydrogens is 281 g/mol. The van der Waals surface area contributed by atoms with Gasteiger partial charge in [0.05, 0.1) is 23.1 Å². The van der Waals surface area contributed by atoms with Crippen molar-refractivity contribution in [1.29, 1.82) is 0 Å². The maximum Gasteiger partial charge on any atom is 0.243 e. The monoisotopic (exact) mass is 301 g/mol. The van der Waals surface area contributed by atoms with Gasteiger partial charge in [0.15, 0.2) is 0 Å². The molecule has 1 aromatic carbocycles. The van der Waals surface area contributed by atoms with Crippen LogP contribution >= 0.6 is 0 Å². The van der Waals surface area contributed by atoms with Crippen LogP contribution in [0.4, 0.5) is 4.39 Å². The van der Waals surface area contributed by atoms with Crippen LogP contribution < -0.4 is 0 Å². The summed E-state index contributed by atoms with van der Waals surface area (Å²) in [5.74, 6) is -0.509. The van der Waals surface area contributed by atoms with E-state index in [4.69, 9.17) is 4.74 Å². The number of hydrogen-bond acceptors (Lipinski definition) is 3. The minimum Gasteiger partial charge on any atom is -0.375 e. The number of morpholine rings is 1. The van der Waals surface area contributed by atoms with Crippen LogP contribution in [-0.4, -0.2) is 37.5 Å². The van der Waals surface area contributed by atoms with Crippen LogP contribution in [0.2, 0.25) is 0 Å². The molecule has 6 heteroatoms. The van der Waals surface area contributed by atoms with Crippen LogP contribution in [0.5, 0.6) is 0 Å². The molecule has 0 radical (unpaired) electrons. The fourth-order valence-electron chi connectivity index (χ4n) is 2.24. The normalized spacial score (nSPS) is 23.8. The fourth-order valence-corrected chi connectivity index (χ4v) is 4.09. The number of benzene rings is 1. The summed E-state index contributed by atoms with van der Waals surface area (Å²) in [5, 5.41) is 0. The molecule has 0 spiro atoms. The van der Waals surface area contributed by atoms with Gasteiger partial charge in [-0.2, -0.15) is 4.31 Å². The molecule has 1 aliphatic heterocycles. The molecular formula is C14H20FNO3S. The minimum absolute atomic E-state index is 0.0113. The number of hydrogen-bond donors (Lipinski definition) is 0. The van der Waals surface area contributed by atoms with Gasteiger partial charge in [0, 0.05) is 6.54 Å². The fraction of sp³-hybridized carbons (Fsp3) is 0.571. The average molecular weight is 301 g/mol. The van der Waals surface area contributed by atoms with E-state index in [1.165, 1.54) is 16.4 Å². The maximum atomic E-state index is 13.6. The van der Waals surface area contributed by atoms with Crippen LogP contribution in [-0.2, 0) is 14.8 Å². The molecule has 0 N–H and O–H groups in total. The van der Waals surface area contributed by atoms with Gasteiger partial charge in [-0.05, 0) is 45.4 Å². The van der Waals surface area contributed by atoms with Crippen LogP contribution in [0.15, 0.2) is 23.1 Å². The standard InChI is InChI=1S/C14H20FNO3S/c1-10-5-6-12(7-13(10)15)20(17,18)16-8-11(2)19-9-14(16,3)4/h5-7,11H,8-9H2,1-4H3/t11-/m1/s1. The summed E-state index contributed by atoms with van der Waals surface area (Å²) in [6.45, 7) is 7.63. The van der Waals surface area contributed by atoms with E-state index in [1.807, 2.05) is 6.92 Å². The first kappa shape index (κ1) is 15.4. The Morgan fingerprint density at radius 2 is 2.05 bits per heavy atom. The molecule has 1 saturated heterocycles. The molecule has 1 fully saturated rings.